The average Bonchev–Trinajstić information content (AvgIpc) is 2.76. The zero-order valence-corrected chi connectivity index (χ0v) is 11.4. The number of nitrogens with zero attached hydrogens (tertiary/aromatic N) is 1. The average molecular weight is 297 g/mol. The molecule has 0 saturated heterocycles. The summed E-state index contributed by atoms with van der Waals surface area (Å²) in [6.07, 6.45) is 2.95. The van der Waals surface area contributed by atoms with Crippen LogP contribution in [0.2, 0.25) is 0 Å². The topological polar surface area (TPSA) is 24.9 Å². The molecule has 0 aliphatic heterocycles. The van der Waals surface area contributed by atoms with Crippen molar-refractivity contribution in [2.75, 3.05) is 13.6 Å². The molecule has 0 aliphatic rings. The molecule has 0 radical (unpaired) electrons. The molecule has 0 saturated carbocycles. The molecule has 2 rings (SSSR count). The lowest BCUT2D eigenvalue weighted by molar-refractivity contribution is 0.787. The summed E-state index contributed by atoms with van der Waals surface area (Å²) >= 11 is 5.20. The van der Waals surface area contributed by atoms with E-state index in [-0.39, 0.29) is 0 Å². The number of halogens is 1. The Morgan fingerprint density at radius 3 is 2.75 bits per heavy atom. The molecule has 0 fully saturated rings. The van der Waals surface area contributed by atoms with Gasteiger partial charge in [-0.25, -0.2) is 4.98 Å². The first-order valence-electron chi connectivity index (χ1n) is 5.15. The molecule has 0 aliphatic carbocycles. The third-order valence-electron chi connectivity index (χ3n) is 2.27. The fourth-order valence-corrected chi connectivity index (χ4v) is 2.59. The van der Waals surface area contributed by atoms with Crippen LogP contribution in [0.3, 0.4) is 0 Å². The molecule has 0 unspecified atom stereocenters. The molecule has 4 heteroatoms. The molecular weight excluding hydrogens is 284 g/mol. The number of likely N-dealkylation sites (N-methyl/N-ethyl adjacent to an activating group) is 1. The van der Waals surface area contributed by atoms with Gasteiger partial charge in [-0.2, -0.15) is 0 Å². The molecule has 2 aromatic rings. The van der Waals surface area contributed by atoms with Gasteiger partial charge in [0.15, 0.2) is 0 Å². The Kier molecular flexibility index (Phi) is 4.09. The number of nitrogens with one attached hydrogen (secondary N) is 1. The van der Waals surface area contributed by atoms with Gasteiger partial charge in [-0.05, 0) is 24.7 Å². The number of aromatic nitrogens is 1. The largest absolute Gasteiger partial charge is 0.319 e. The van der Waals surface area contributed by atoms with Crippen molar-refractivity contribution in [3.8, 4) is 10.4 Å². The second-order valence-electron chi connectivity index (χ2n) is 3.48. The van der Waals surface area contributed by atoms with Gasteiger partial charge < -0.3 is 5.32 Å². The first kappa shape index (κ1) is 11.8. The number of hydrogen-bond acceptors (Lipinski definition) is 3. The molecule has 0 atom stereocenters. The third-order valence-corrected chi connectivity index (χ3v) is 3.91. The highest BCUT2D eigenvalue weighted by atomic mass is 79.9. The molecule has 1 N–H and O–H groups in total. The lowest BCUT2D eigenvalue weighted by atomic mass is 10.2. The van der Waals surface area contributed by atoms with Crippen molar-refractivity contribution >= 4 is 27.3 Å². The summed E-state index contributed by atoms with van der Waals surface area (Å²) in [7, 11) is 1.96. The molecule has 1 aromatic carbocycles. The van der Waals surface area contributed by atoms with Gasteiger partial charge in [0.25, 0.3) is 0 Å². The van der Waals surface area contributed by atoms with E-state index < -0.39 is 0 Å². The summed E-state index contributed by atoms with van der Waals surface area (Å²) in [5.41, 5.74) is 1.23. The van der Waals surface area contributed by atoms with Crippen molar-refractivity contribution in [2.24, 2.45) is 0 Å². The summed E-state index contributed by atoms with van der Waals surface area (Å²) < 4.78 is 1.11. The van der Waals surface area contributed by atoms with Gasteiger partial charge in [-0.1, -0.05) is 28.1 Å². The van der Waals surface area contributed by atoms with Crippen LogP contribution >= 0.6 is 27.3 Å². The quantitative estimate of drug-likeness (QED) is 0.936. The Morgan fingerprint density at radius 2 is 2.06 bits per heavy atom. The van der Waals surface area contributed by atoms with Crippen molar-refractivity contribution in [2.45, 2.75) is 6.42 Å². The molecule has 1 aromatic heterocycles. The Hall–Kier alpha value is -0.710. The zero-order valence-electron chi connectivity index (χ0n) is 9.03. The van der Waals surface area contributed by atoms with Gasteiger partial charge in [-0.15, -0.1) is 11.3 Å². The Bertz CT molecular complexity index is 450. The van der Waals surface area contributed by atoms with Crippen molar-refractivity contribution in [3.05, 3.63) is 39.9 Å². The van der Waals surface area contributed by atoms with E-state index in [2.05, 4.69) is 50.5 Å². The van der Waals surface area contributed by atoms with Gasteiger partial charge in [0, 0.05) is 23.6 Å². The smallest absolute Gasteiger partial charge is 0.0943 e. The Labute approximate surface area is 108 Å². The van der Waals surface area contributed by atoms with E-state index >= 15 is 0 Å². The van der Waals surface area contributed by atoms with Crippen LogP contribution in [0.5, 0.6) is 0 Å². The number of hydrogen-bond donors (Lipinski definition) is 1. The molecule has 16 heavy (non-hydrogen) atoms. The van der Waals surface area contributed by atoms with Gasteiger partial charge in [0.05, 0.1) is 9.88 Å². The molecule has 84 valence electrons. The summed E-state index contributed by atoms with van der Waals surface area (Å²) in [5, 5.41) is 4.32. The highest BCUT2D eigenvalue weighted by molar-refractivity contribution is 9.10. The summed E-state index contributed by atoms with van der Waals surface area (Å²) in [6, 6.07) is 8.34. The second-order valence-corrected chi connectivity index (χ2v) is 5.51. The highest BCUT2D eigenvalue weighted by Crippen LogP contribution is 2.27. The fourth-order valence-electron chi connectivity index (χ4n) is 1.41. The van der Waals surface area contributed by atoms with E-state index in [4.69, 9.17) is 0 Å². The minimum atomic E-state index is 0.979. The van der Waals surface area contributed by atoms with E-state index in [0.29, 0.717) is 0 Å². The monoisotopic (exact) mass is 296 g/mol. The predicted molar refractivity (Wildman–Crippen MR) is 72.9 cm³/mol. The minimum Gasteiger partial charge on any atom is -0.319 e. The van der Waals surface area contributed by atoms with Crippen LogP contribution in [0.15, 0.2) is 34.9 Å². The maximum absolute atomic E-state index is 4.42. The van der Waals surface area contributed by atoms with E-state index in [9.17, 15) is 0 Å². The third kappa shape index (κ3) is 2.90. The fraction of sp³-hybridized carbons (Fsp3) is 0.250. The van der Waals surface area contributed by atoms with Crippen molar-refractivity contribution < 1.29 is 0 Å². The zero-order chi connectivity index (χ0) is 11.4. The summed E-state index contributed by atoms with van der Waals surface area (Å²) in [4.78, 5) is 5.65. The van der Waals surface area contributed by atoms with Crippen LogP contribution in [0.1, 0.15) is 5.01 Å². The van der Waals surface area contributed by atoms with Gasteiger partial charge in [0.1, 0.15) is 0 Å². The van der Waals surface area contributed by atoms with E-state index in [1.807, 2.05) is 13.2 Å². The van der Waals surface area contributed by atoms with Crippen molar-refractivity contribution in [3.63, 3.8) is 0 Å². The van der Waals surface area contributed by atoms with E-state index in [1.165, 1.54) is 15.4 Å². The summed E-state index contributed by atoms with van der Waals surface area (Å²) in [5.74, 6) is 0. The first-order chi connectivity index (χ1) is 7.79. The normalized spacial score (nSPS) is 10.6. The Balaban J connectivity index is 2.15. The molecule has 1 heterocycles. The maximum Gasteiger partial charge on any atom is 0.0943 e. The molecule has 0 bridgehead atoms. The highest BCUT2D eigenvalue weighted by Gasteiger charge is 2.03. The molecule has 0 spiro atoms. The van der Waals surface area contributed by atoms with Gasteiger partial charge >= 0.3 is 0 Å². The van der Waals surface area contributed by atoms with Crippen LogP contribution in [0.25, 0.3) is 10.4 Å². The lowest BCUT2D eigenvalue weighted by Crippen LogP contribution is -2.09. The number of benzene rings is 1. The summed E-state index contributed by atoms with van der Waals surface area (Å²) in [6.45, 7) is 0.979. The number of rotatable bonds is 4. The minimum absolute atomic E-state index is 0.979. The van der Waals surface area contributed by atoms with Crippen molar-refractivity contribution in [1.82, 2.24) is 10.3 Å². The lowest BCUT2D eigenvalue weighted by Gasteiger charge is -1.96. The van der Waals surface area contributed by atoms with Crippen LogP contribution in [0, 0.1) is 0 Å². The Morgan fingerprint density at radius 1 is 1.31 bits per heavy atom. The van der Waals surface area contributed by atoms with Crippen LogP contribution < -0.4 is 5.32 Å². The molecule has 2 nitrogen and oxygen atoms in total. The SMILES string of the molecule is CNCCc1ncc(-c2ccc(Br)cc2)s1. The van der Waals surface area contributed by atoms with Gasteiger partial charge in [0.2, 0.25) is 0 Å². The molecular formula is C12H13BrN2S. The molecule has 0 amide bonds. The van der Waals surface area contributed by atoms with Crippen LogP contribution in [0.4, 0.5) is 0 Å². The van der Waals surface area contributed by atoms with Crippen molar-refractivity contribution in [1.29, 1.82) is 0 Å². The standard InChI is InChI=1S/C12H13BrN2S/c1-14-7-6-12-15-8-11(16-12)9-2-4-10(13)5-3-9/h2-5,8,14H,6-7H2,1H3. The van der Waals surface area contributed by atoms with Crippen LogP contribution in [-0.2, 0) is 6.42 Å². The predicted octanol–water partition coefficient (Wildman–Crippen LogP) is 3.33. The van der Waals surface area contributed by atoms with E-state index in [1.54, 1.807) is 11.3 Å². The maximum atomic E-state index is 4.42. The van der Waals surface area contributed by atoms with Crippen LogP contribution in [-0.4, -0.2) is 18.6 Å². The van der Waals surface area contributed by atoms with E-state index in [0.717, 1.165) is 17.4 Å². The first-order valence-corrected chi connectivity index (χ1v) is 6.76. The second kappa shape index (κ2) is 5.57. The van der Waals surface area contributed by atoms with Gasteiger partial charge in [-0.3, -0.25) is 0 Å². The number of thiazole rings is 1.